The summed E-state index contributed by atoms with van der Waals surface area (Å²) in [4.78, 5) is 14.7. The zero-order valence-electron chi connectivity index (χ0n) is 16.5. The maximum atomic E-state index is 12.7. The Balaban J connectivity index is 1.73. The number of ether oxygens (including phenoxy) is 1. The number of likely N-dealkylation sites (tertiary alicyclic amines) is 1. The normalized spacial score (nSPS) is 19.9. The van der Waals surface area contributed by atoms with Crippen LogP contribution in [0.25, 0.3) is 11.4 Å². The number of aromatic nitrogens is 3. The lowest BCUT2D eigenvalue weighted by molar-refractivity contribution is -0.130. The van der Waals surface area contributed by atoms with Crippen LogP contribution in [0.3, 0.4) is 0 Å². The van der Waals surface area contributed by atoms with Crippen molar-refractivity contribution >= 4 is 17.7 Å². The van der Waals surface area contributed by atoms with E-state index in [4.69, 9.17) is 4.74 Å². The Labute approximate surface area is 165 Å². The average molecular weight is 389 g/mol. The van der Waals surface area contributed by atoms with Crippen molar-refractivity contribution in [3.63, 3.8) is 0 Å². The zero-order chi connectivity index (χ0) is 19.4. The Morgan fingerprint density at radius 2 is 1.93 bits per heavy atom. The molecule has 0 spiro atoms. The Hall–Kier alpha value is -2.02. The predicted molar refractivity (Wildman–Crippen MR) is 108 cm³/mol. The Bertz CT molecular complexity index is 782. The second-order valence-electron chi connectivity index (χ2n) is 7.28. The molecular formula is C20H28N4O2S. The van der Waals surface area contributed by atoms with E-state index in [1.54, 1.807) is 7.11 Å². The molecule has 1 aromatic carbocycles. The minimum Gasteiger partial charge on any atom is -0.496 e. The molecule has 1 fully saturated rings. The van der Waals surface area contributed by atoms with Crippen LogP contribution in [0.5, 0.6) is 5.75 Å². The van der Waals surface area contributed by atoms with Gasteiger partial charge in [0.25, 0.3) is 0 Å². The first-order chi connectivity index (χ1) is 13.0. The van der Waals surface area contributed by atoms with E-state index in [2.05, 4.69) is 31.0 Å². The monoisotopic (exact) mass is 388 g/mol. The number of rotatable bonds is 6. The van der Waals surface area contributed by atoms with E-state index in [-0.39, 0.29) is 5.91 Å². The van der Waals surface area contributed by atoms with E-state index in [1.807, 2.05) is 33.7 Å². The Morgan fingerprint density at radius 3 is 2.59 bits per heavy atom. The molecule has 0 bridgehead atoms. The van der Waals surface area contributed by atoms with Crippen molar-refractivity contribution < 1.29 is 9.53 Å². The van der Waals surface area contributed by atoms with Gasteiger partial charge in [-0.2, -0.15) is 0 Å². The van der Waals surface area contributed by atoms with Crippen molar-refractivity contribution in [1.82, 2.24) is 19.7 Å². The fraction of sp³-hybridized carbons (Fsp3) is 0.550. The standard InChI is InChI=1S/C20H28N4O2S/c1-5-24-19(16-8-6-7-9-17(16)26-4)21-22-20(24)27-13-18(25)23-11-14(2)10-15(3)12-23/h6-9,14-15H,5,10-13H2,1-4H3/t14-,15+. The fourth-order valence-corrected chi connectivity index (χ4v) is 4.70. The van der Waals surface area contributed by atoms with Crippen molar-refractivity contribution in [2.24, 2.45) is 11.8 Å². The molecule has 1 aromatic heterocycles. The summed E-state index contributed by atoms with van der Waals surface area (Å²) in [6.07, 6.45) is 1.20. The summed E-state index contributed by atoms with van der Waals surface area (Å²) < 4.78 is 7.50. The molecule has 2 aromatic rings. The topological polar surface area (TPSA) is 60.2 Å². The number of nitrogens with zero attached hydrogens (tertiary/aromatic N) is 4. The molecule has 7 heteroatoms. The third-order valence-electron chi connectivity index (χ3n) is 4.93. The number of hydrogen-bond donors (Lipinski definition) is 0. The van der Waals surface area contributed by atoms with E-state index in [0.29, 0.717) is 17.6 Å². The highest BCUT2D eigenvalue weighted by Gasteiger charge is 2.26. The van der Waals surface area contributed by atoms with Gasteiger partial charge in [-0.05, 0) is 37.3 Å². The molecule has 1 aliphatic rings. The number of methoxy groups -OCH3 is 1. The number of amides is 1. The van der Waals surface area contributed by atoms with E-state index >= 15 is 0 Å². The molecule has 27 heavy (non-hydrogen) atoms. The second kappa shape index (κ2) is 8.78. The van der Waals surface area contributed by atoms with Crippen molar-refractivity contribution in [3.05, 3.63) is 24.3 Å². The van der Waals surface area contributed by atoms with Crippen LogP contribution in [-0.4, -0.2) is 51.5 Å². The third-order valence-corrected chi connectivity index (χ3v) is 5.88. The highest BCUT2D eigenvalue weighted by molar-refractivity contribution is 7.99. The summed E-state index contributed by atoms with van der Waals surface area (Å²) in [5.74, 6) is 3.25. The lowest BCUT2D eigenvalue weighted by atomic mass is 9.92. The van der Waals surface area contributed by atoms with Crippen LogP contribution in [0, 0.1) is 11.8 Å². The van der Waals surface area contributed by atoms with Crippen molar-refractivity contribution in [3.8, 4) is 17.1 Å². The number of para-hydroxylation sites is 1. The lowest BCUT2D eigenvalue weighted by Crippen LogP contribution is -2.43. The van der Waals surface area contributed by atoms with E-state index in [9.17, 15) is 4.79 Å². The van der Waals surface area contributed by atoms with Crippen LogP contribution in [0.4, 0.5) is 0 Å². The van der Waals surface area contributed by atoms with Crippen LogP contribution in [0.2, 0.25) is 0 Å². The molecule has 1 aliphatic heterocycles. The van der Waals surface area contributed by atoms with Crippen LogP contribution in [0.15, 0.2) is 29.4 Å². The molecule has 6 nitrogen and oxygen atoms in total. The number of carbonyl (C=O) groups is 1. The molecule has 146 valence electrons. The first-order valence-corrected chi connectivity index (χ1v) is 10.5. The highest BCUT2D eigenvalue weighted by Crippen LogP contribution is 2.31. The second-order valence-corrected chi connectivity index (χ2v) is 8.23. The summed E-state index contributed by atoms with van der Waals surface area (Å²) in [5.41, 5.74) is 0.909. The maximum absolute atomic E-state index is 12.7. The molecular weight excluding hydrogens is 360 g/mol. The van der Waals surface area contributed by atoms with Gasteiger partial charge in [0.1, 0.15) is 5.75 Å². The van der Waals surface area contributed by atoms with Crippen LogP contribution < -0.4 is 4.74 Å². The van der Waals surface area contributed by atoms with Gasteiger partial charge in [0.05, 0.1) is 18.4 Å². The number of piperidine rings is 1. The van der Waals surface area contributed by atoms with Gasteiger partial charge < -0.3 is 14.2 Å². The molecule has 0 aliphatic carbocycles. The summed E-state index contributed by atoms with van der Waals surface area (Å²) >= 11 is 1.46. The Kier molecular flexibility index (Phi) is 6.42. The van der Waals surface area contributed by atoms with Crippen LogP contribution >= 0.6 is 11.8 Å². The number of carbonyl (C=O) groups excluding carboxylic acids is 1. The summed E-state index contributed by atoms with van der Waals surface area (Å²) in [6.45, 7) is 8.94. The van der Waals surface area contributed by atoms with Gasteiger partial charge in [0.15, 0.2) is 11.0 Å². The van der Waals surface area contributed by atoms with Crippen molar-refractivity contribution in [2.45, 2.75) is 38.9 Å². The zero-order valence-corrected chi connectivity index (χ0v) is 17.3. The molecule has 0 unspecified atom stereocenters. The van der Waals surface area contributed by atoms with Gasteiger partial charge in [-0.25, -0.2) is 0 Å². The largest absolute Gasteiger partial charge is 0.496 e. The highest BCUT2D eigenvalue weighted by atomic mass is 32.2. The fourth-order valence-electron chi connectivity index (χ4n) is 3.79. The van der Waals surface area contributed by atoms with Crippen molar-refractivity contribution in [2.75, 3.05) is 26.0 Å². The average Bonchev–Trinajstić information content (AvgIpc) is 3.07. The molecule has 0 N–H and O–H groups in total. The summed E-state index contributed by atoms with van der Waals surface area (Å²) in [7, 11) is 1.65. The predicted octanol–water partition coefficient (Wildman–Crippen LogP) is 3.57. The van der Waals surface area contributed by atoms with Gasteiger partial charge in [-0.15, -0.1) is 10.2 Å². The molecule has 1 amide bonds. The van der Waals surface area contributed by atoms with Gasteiger partial charge in [-0.3, -0.25) is 4.79 Å². The van der Waals surface area contributed by atoms with Crippen molar-refractivity contribution in [1.29, 1.82) is 0 Å². The Morgan fingerprint density at radius 1 is 1.22 bits per heavy atom. The van der Waals surface area contributed by atoms with Crippen LogP contribution in [-0.2, 0) is 11.3 Å². The van der Waals surface area contributed by atoms with E-state index in [0.717, 1.165) is 41.9 Å². The van der Waals surface area contributed by atoms with Crippen LogP contribution in [0.1, 0.15) is 27.2 Å². The number of benzene rings is 1. The molecule has 0 radical (unpaired) electrons. The quantitative estimate of drug-likeness (QED) is 0.708. The molecule has 1 saturated heterocycles. The molecule has 2 heterocycles. The lowest BCUT2D eigenvalue weighted by Gasteiger charge is -2.34. The molecule has 0 saturated carbocycles. The molecule has 3 rings (SSSR count). The number of thioether (sulfide) groups is 1. The smallest absolute Gasteiger partial charge is 0.233 e. The van der Waals surface area contributed by atoms with E-state index < -0.39 is 0 Å². The van der Waals surface area contributed by atoms with E-state index in [1.165, 1.54) is 18.2 Å². The van der Waals surface area contributed by atoms with Gasteiger partial charge in [0.2, 0.25) is 5.91 Å². The number of hydrogen-bond acceptors (Lipinski definition) is 5. The maximum Gasteiger partial charge on any atom is 0.233 e. The summed E-state index contributed by atoms with van der Waals surface area (Å²) in [5, 5.41) is 9.47. The first kappa shape index (κ1) is 19.7. The van der Waals surface area contributed by atoms with Gasteiger partial charge in [-0.1, -0.05) is 37.7 Å². The summed E-state index contributed by atoms with van der Waals surface area (Å²) in [6, 6.07) is 7.79. The van der Waals surface area contributed by atoms with Gasteiger partial charge in [0, 0.05) is 19.6 Å². The first-order valence-electron chi connectivity index (χ1n) is 9.50. The molecule has 2 atom stereocenters. The minimum absolute atomic E-state index is 0.183. The third kappa shape index (κ3) is 4.46. The van der Waals surface area contributed by atoms with Gasteiger partial charge >= 0.3 is 0 Å². The SMILES string of the molecule is CCn1c(SCC(=O)N2C[C@H](C)C[C@H](C)C2)nnc1-c1ccccc1OC. The minimum atomic E-state index is 0.183.